The van der Waals surface area contributed by atoms with Gasteiger partial charge >= 0.3 is 0 Å². The van der Waals surface area contributed by atoms with Crippen molar-refractivity contribution in [2.75, 3.05) is 14.2 Å². The Bertz CT molecular complexity index is 1340. The van der Waals surface area contributed by atoms with E-state index in [0.29, 0.717) is 24.7 Å². The van der Waals surface area contributed by atoms with Crippen molar-refractivity contribution in [2.24, 2.45) is 0 Å². The van der Waals surface area contributed by atoms with E-state index in [-0.39, 0.29) is 0 Å². The van der Waals surface area contributed by atoms with Crippen LogP contribution in [0.2, 0.25) is 0 Å². The Morgan fingerprint density at radius 1 is 0.486 bits per heavy atom. The monoisotopic (exact) mass is 508 g/mol. The Morgan fingerprint density at radius 2 is 0.919 bits per heavy atom. The number of rotatable bonds is 10. The van der Waals surface area contributed by atoms with Crippen LogP contribution in [0, 0.1) is 0 Å². The van der Waals surface area contributed by atoms with Crippen LogP contribution in [-0.4, -0.2) is 14.2 Å². The van der Waals surface area contributed by atoms with E-state index in [2.05, 4.69) is 24.3 Å². The Morgan fingerprint density at radius 3 is 1.32 bits per heavy atom. The molecule has 0 N–H and O–H groups in total. The van der Waals surface area contributed by atoms with Crippen molar-refractivity contribution in [3.05, 3.63) is 120 Å². The second-order valence-corrected chi connectivity index (χ2v) is 9.53. The van der Waals surface area contributed by atoms with E-state index < -0.39 is 0 Å². The van der Waals surface area contributed by atoms with Crippen molar-refractivity contribution in [1.82, 2.24) is 0 Å². The smallest absolute Gasteiger partial charge is 0.161 e. The molecule has 0 amide bonds. The number of methoxy groups -OCH3 is 2. The molecular formula is C32H28O4S. The van der Waals surface area contributed by atoms with Gasteiger partial charge < -0.3 is 18.9 Å². The third-order valence-corrected chi connectivity index (χ3v) is 7.16. The molecular weight excluding hydrogens is 480 g/mol. The van der Waals surface area contributed by atoms with Gasteiger partial charge in [0.25, 0.3) is 0 Å². The van der Waals surface area contributed by atoms with Crippen molar-refractivity contribution in [3.63, 3.8) is 0 Å². The van der Waals surface area contributed by atoms with Gasteiger partial charge in [0.05, 0.1) is 14.2 Å². The van der Waals surface area contributed by atoms with Crippen LogP contribution in [0.4, 0.5) is 0 Å². The standard InChI is InChI=1S/C32H28O4S/c1-33-29-19-25(13-15-27(29)35-21-23-9-5-3-6-10-23)31-17-18-32(37-31)26-14-16-28(30(20-26)34-2)36-22-24-11-7-4-8-12-24/h3-20H,21-22H2,1-2H3. The molecule has 5 aromatic rings. The average Bonchev–Trinajstić information content (AvgIpc) is 3.46. The summed E-state index contributed by atoms with van der Waals surface area (Å²) in [6.45, 7) is 0.985. The Kier molecular flexibility index (Phi) is 7.72. The van der Waals surface area contributed by atoms with Gasteiger partial charge in [-0.05, 0) is 70.8 Å². The molecule has 1 aromatic heterocycles. The zero-order valence-electron chi connectivity index (χ0n) is 20.8. The third-order valence-electron chi connectivity index (χ3n) is 5.98. The van der Waals surface area contributed by atoms with Crippen LogP contribution in [0.15, 0.2) is 109 Å². The predicted molar refractivity (Wildman–Crippen MR) is 150 cm³/mol. The van der Waals surface area contributed by atoms with Gasteiger partial charge in [0.1, 0.15) is 13.2 Å². The van der Waals surface area contributed by atoms with Gasteiger partial charge in [0, 0.05) is 9.75 Å². The summed E-state index contributed by atoms with van der Waals surface area (Å²) < 4.78 is 23.3. The molecule has 0 bridgehead atoms. The van der Waals surface area contributed by atoms with E-state index in [1.807, 2.05) is 84.9 Å². The van der Waals surface area contributed by atoms with Crippen LogP contribution < -0.4 is 18.9 Å². The molecule has 5 heteroatoms. The first kappa shape index (κ1) is 24.5. The van der Waals surface area contributed by atoms with Crippen molar-refractivity contribution in [2.45, 2.75) is 13.2 Å². The first-order chi connectivity index (χ1) is 18.2. The number of hydrogen-bond acceptors (Lipinski definition) is 5. The number of benzene rings is 4. The molecule has 0 saturated heterocycles. The van der Waals surface area contributed by atoms with Gasteiger partial charge in [-0.3, -0.25) is 0 Å². The van der Waals surface area contributed by atoms with E-state index in [1.165, 1.54) is 0 Å². The van der Waals surface area contributed by atoms with Crippen LogP contribution >= 0.6 is 11.3 Å². The highest BCUT2D eigenvalue weighted by Crippen LogP contribution is 2.40. The fraction of sp³-hybridized carbons (Fsp3) is 0.125. The van der Waals surface area contributed by atoms with E-state index >= 15 is 0 Å². The first-order valence-corrected chi connectivity index (χ1v) is 12.9. The molecule has 5 rings (SSSR count). The SMILES string of the molecule is COc1cc(-c2ccc(-c3ccc(OCc4ccccc4)c(OC)c3)s2)ccc1OCc1ccccc1. The van der Waals surface area contributed by atoms with Gasteiger partial charge in [0.15, 0.2) is 23.0 Å². The van der Waals surface area contributed by atoms with Crippen LogP contribution in [0.5, 0.6) is 23.0 Å². The van der Waals surface area contributed by atoms with Crippen molar-refractivity contribution < 1.29 is 18.9 Å². The topological polar surface area (TPSA) is 36.9 Å². The molecule has 0 unspecified atom stereocenters. The molecule has 0 spiro atoms. The summed E-state index contributed by atoms with van der Waals surface area (Å²) in [6, 6.07) is 36.6. The largest absolute Gasteiger partial charge is 0.493 e. The van der Waals surface area contributed by atoms with E-state index in [0.717, 1.165) is 43.5 Å². The molecule has 1 heterocycles. The van der Waals surface area contributed by atoms with Gasteiger partial charge in [-0.15, -0.1) is 11.3 Å². The molecule has 37 heavy (non-hydrogen) atoms. The molecule has 0 aliphatic heterocycles. The summed E-state index contributed by atoms with van der Waals surface area (Å²) in [5.41, 5.74) is 4.39. The lowest BCUT2D eigenvalue weighted by Gasteiger charge is -2.12. The van der Waals surface area contributed by atoms with E-state index in [9.17, 15) is 0 Å². The van der Waals surface area contributed by atoms with E-state index in [4.69, 9.17) is 18.9 Å². The van der Waals surface area contributed by atoms with Gasteiger partial charge in [0.2, 0.25) is 0 Å². The lowest BCUT2D eigenvalue weighted by atomic mass is 10.1. The quantitative estimate of drug-likeness (QED) is 0.190. The Balaban J connectivity index is 1.31. The molecule has 4 aromatic carbocycles. The maximum absolute atomic E-state index is 6.02. The van der Waals surface area contributed by atoms with Gasteiger partial charge in [-0.2, -0.15) is 0 Å². The third kappa shape index (κ3) is 5.96. The molecule has 0 aliphatic rings. The lowest BCUT2D eigenvalue weighted by Crippen LogP contribution is -1.97. The molecule has 0 atom stereocenters. The summed E-state index contributed by atoms with van der Waals surface area (Å²) in [6.07, 6.45) is 0. The number of ether oxygens (including phenoxy) is 4. The van der Waals surface area contributed by atoms with Crippen LogP contribution in [0.3, 0.4) is 0 Å². The zero-order valence-corrected chi connectivity index (χ0v) is 21.7. The van der Waals surface area contributed by atoms with Crippen molar-refractivity contribution in [1.29, 1.82) is 0 Å². The molecule has 0 radical (unpaired) electrons. The minimum Gasteiger partial charge on any atom is -0.493 e. The van der Waals surface area contributed by atoms with E-state index in [1.54, 1.807) is 25.6 Å². The number of hydrogen-bond donors (Lipinski definition) is 0. The minimum atomic E-state index is 0.493. The molecule has 0 aliphatic carbocycles. The first-order valence-electron chi connectivity index (χ1n) is 12.0. The lowest BCUT2D eigenvalue weighted by molar-refractivity contribution is 0.284. The zero-order chi connectivity index (χ0) is 25.5. The molecule has 0 saturated carbocycles. The van der Waals surface area contributed by atoms with Crippen molar-refractivity contribution in [3.8, 4) is 43.9 Å². The second-order valence-electron chi connectivity index (χ2n) is 8.44. The maximum atomic E-state index is 6.02. The van der Waals surface area contributed by atoms with Gasteiger partial charge in [-0.25, -0.2) is 0 Å². The molecule has 4 nitrogen and oxygen atoms in total. The van der Waals surface area contributed by atoms with Crippen LogP contribution in [0.1, 0.15) is 11.1 Å². The Labute approximate surface area is 221 Å². The summed E-state index contributed by atoms with van der Waals surface area (Å²) in [4.78, 5) is 2.29. The molecule has 0 fully saturated rings. The highest BCUT2D eigenvalue weighted by molar-refractivity contribution is 7.18. The second kappa shape index (κ2) is 11.7. The average molecular weight is 509 g/mol. The van der Waals surface area contributed by atoms with Crippen molar-refractivity contribution >= 4 is 11.3 Å². The minimum absolute atomic E-state index is 0.493. The maximum Gasteiger partial charge on any atom is 0.161 e. The fourth-order valence-corrected chi connectivity index (χ4v) is 5.00. The highest BCUT2D eigenvalue weighted by atomic mass is 32.1. The highest BCUT2D eigenvalue weighted by Gasteiger charge is 2.12. The number of thiophene rings is 1. The van der Waals surface area contributed by atoms with Crippen LogP contribution in [0.25, 0.3) is 20.9 Å². The normalized spacial score (nSPS) is 10.6. The summed E-state index contributed by atoms with van der Waals surface area (Å²) in [7, 11) is 3.34. The predicted octanol–water partition coefficient (Wildman–Crippen LogP) is 8.26. The summed E-state index contributed by atoms with van der Waals surface area (Å²) >= 11 is 1.72. The summed E-state index contributed by atoms with van der Waals surface area (Å²) in [5.74, 6) is 2.88. The van der Waals surface area contributed by atoms with Gasteiger partial charge in [-0.1, -0.05) is 60.7 Å². The molecule has 186 valence electrons. The summed E-state index contributed by atoms with van der Waals surface area (Å²) in [5, 5.41) is 0. The van der Waals surface area contributed by atoms with Crippen LogP contribution in [-0.2, 0) is 13.2 Å². The Hall–Kier alpha value is -4.22. The fourth-order valence-electron chi connectivity index (χ4n) is 4.00.